The van der Waals surface area contributed by atoms with E-state index < -0.39 is 11.7 Å². The van der Waals surface area contributed by atoms with Crippen molar-refractivity contribution in [3.8, 4) is 0 Å². The van der Waals surface area contributed by atoms with Crippen LogP contribution in [0.2, 0.25) is 5.02 Å². The lowest BCUT2D eigenvalue weighted by atomic mass is 10.1. The van der Waals surface area contributed by atoms with E-state index in [1.165, 1.54) is 18.2 Å². The van der Waals surface area contributed by atoms with Gasteiger partial charge in [-0.1, -0.05) is 48.0 Å². The maximum absolute atomic E-state index is 12.8. The number of hydrogen-bond donors (Lipinski definition) is 0. The number of rotatable bonds is 4. The van der Waals surface area contributed by atoms with Gasteiger partial charge < -0.3 is 4.90 Å². The Morgan fingerprint density at radius 1 is 1.04 bits per heavy atom. The molecule has 2 aromatic rings. The number of nitrogens with zero attached hydrogens (tertiary/aromatic N) is 2. The van der Waals surface area contributed by atoms with Crippen molar-refractivity contribution in [1.29, 1.82) is 0 Å². The van der Waals surface area contributed by atoms with Gasteiger partial charge in [-0.25, -0.2) is 0 Å². The first kappa shape index (κ1) is 20.4. The lowest BCUT2D eigenvalue weighted by molar-refractivity contribution is -0.137. The minimum Gasteiger partial charge on any atom is -0.337 e. The molecule has 0 aliphatic carbocycles. The normalized spacial score (nSPS) is 15.9. The number of alkyl halides is 3. The fraction of sp³-hybridized carbons (Fsp3) is 0.286. The number of carbonyl (C=O) groups excluding carboxylic acids is 1. The molecule has 3 nitrogen and oxygen atoms in total. The first-order valence-corrected chi connectivity index (χ1v) is 9.31. The molecule has 0 bridgehead atoms. The zero-order chi connectivity index (χ0) is 20.1. The molecule has 2 aromatic carbocycles. The molecule has 0 aromatic heterocycles. The van der Waals surface area contributed by atoms with Crippen molar-refractivity contribution in [2.75, 3.05) is 26.2 Å². The number of piperazine rings is 1. The number of hydrogen-bond acceptors (Lipinski definition) is 2. The van der Waals surface area contributed by atoms with Crippen LogP contribution < -0.4 is 0 Å². The van der Waals surface area contributed by atoms with E-state index in [1.54, 1.807) is 23.1 Å². The van der Waals surface area contributed by atoms with Crippen LogP contribution in [0.5, 0.6) is 0 Å². The minimum absolute atomic E-state index is 0.0985. The fourth-order valence-electron chi connectivity index (χ4n) is 3.11. The number of halogens is 4. The predicted octanol–water partition coefficient (Wildman–Crippen LogP) is 4.72. The van der Waals surface area contributed by atoms with Gasteiger partial charge in [0.1, 0.15) is 0 Å². The summed E-state index contributed by atoms with van der Waals surface area (Å²) < 4.78 is 38.5. The summed E-state index contributed by atoms with van der Waals surface area (Å²) in [7, 11) is 0. The van der Waals surface area contributed by atoms with Crippen LogP contribution in [0.4, 0.5) is 13.2 Å². The van der Waals surface area contributed by atoms with Crippen LogP contribution in [0.3, 0.4) is 0 Å². The highest BCUT2D eigenvalue weighted by molar-refractivity contribution is 6.32. The summed E-state index contributed by atoms with van der Waals surface area (Å²) >= 11 is 6.08. The molecule has 28 heavy (non-hydrogen) atoms. The van der Waals surface area contributed by atoms with Crippen molar-refractivity contribution in [3.05, 3.63) is 76.3 Å². The van der Waals surface area contributed by atoms with Gasteiger partial charge in [-0.15, -0.1) is 0 Å². The summed E-state index contributed by atoms with van der Waals surface area (Å²) in [5.41, 5.74) is 0.762. The third kappa shape index (κ3) is 5.36. The van der Waals surface area contributed by atoms with Gasteiger partial charge in [0.25, 0.3) is 0 Å². The third-order valence-corrected chi connectivity index (χ3v) is 5.00. The summed E-state index contributed by atoms with van der Waals surface area (Å²) in [4.78, 5) is 16.1. The highest BCUT2D eigenvalue weighted by Gasteiger charge is 2.30. The average Bonchev–Trinajstić information content (AvgIpc) is 2.67. The van der Waals surface area contributed by atoms with Gasteiger partial charge in [0.15, 0.2) is 0 Å². The smallest absolute Gasteiger partial charge is 0.337 e. The standard InChI is InChI=1S/C21H20ClF3N2O/c22-19-7-2-1-5-17(19)8-9-20(28)27-12-10-26(11-13-27)15-16-4-3-6-18(14-16)21(23,24)25/h1-9,14H,10-13,15H2/b9-8+. The molecule has 1 heterocycles. The van der Waals surface area contributed by atoms with E-state index in [0.29, 0.717) is 43.3 Å². The molecule has 1 aliphatic heterocycles. The molecule has 3 rings (SSSR count). The molecule has 0 spiro atoms. The summed E-state index contributed by atoms with van der Waals surface area (Å²) in [6, 6.07) is 12.6. The van der Waals surface area contributed by atoms with Crippen molar-refractivity contribution < 1.29 is 18.0 Å². The Morgan fingerprint density at radius 2 is 1.75 bits per heavy atom. The van der Waals surface area contributed by atoms with Gasteiger partial charge in [-0.05, 0) is 29.3 Å². The van der Waals surface area contributed by atoms with Gasteiger partial charge >= 0.3 is 6.18 Å². The SMILES string of the molecule is O=C(/C=C/c1ccccc1Cl)N1CCN(Cc2cccc(C(F)(F)F)c2)CC1. The summed E-state index contributed by atoms with van der Waals surface area (Å²) in [5.74, 6) is -0.0985. The van der Waals surface area contributed by atoms with Gasteiger partial charge in [0, 0.05) is 43.8 Å². The monoisotopic (exact) mass is 408 g/mol. The third-order valence-electron chi connectivity index (χ3n) is 4.66. The van der Waals surface area contributed by atoms with Gasteiger partial charge in [0.05, 0.1) is 5.56 Å². The second kappa shape index (κ2) is 8.80. The van der Waals surface area contributed by atoms with Gasteiger partial charge in [-0.3, -0.25) is 9.69 Å². The maximum atomic E-state index is 12.8. The molecule has 1 amide bonds. The Bertz CT molecular complexity index is 859. The first-order chi connectivity index (χ1) is 13.3. The minimum atomic E-state index is -4.34. The first-order valence-electron chi connectivity index (χ1n) is 8.93. The summed E-state index contributed by atoms with van der Waals surface area (Å²) in [5, 5.41) is 0.581. The van der Waals surface area contributed by atoms with Gasteiger partial charge in [-0.2, -0.15) is 13.2 Å². The second-order valence-corrected chi connectivity index (χ2v) is 7.06. The second-order valence-electron chi connectivity index (χ2n) is 6.65. The largest absolute Gasteiger partial charge is 0.416 e. The van der Waals surface area contributed by atoms with Crippen LogP contribution in [0.25, 0.3) is 6.08 Å². The highest BCUT2D eigenvalue weighted by Crippen LogP contribution is 2.29. The van der Waals surface area contributed by atoms with Crippen LogP contribution >= 0.6 is 11.6 Å². The van der Waals surface area contributed by atoms with Crippen LogP contribution in [-0.2, 0) is 17.5 Å². The van der Waals surface area contributed by atoms with Gasteiger partial charge in [0.2, 0.25) is 5.91 Å². The van der Waals surface area contributed by atoms with Crippen molar-refractivity contribution in [2.24, 2.45) is 0 Å². The molecule has 148 valence electrons. The number of carbonyl (C=O) groups is 1. The van der Waals surface area contributed by atoms with Crippen LogP contribution in [0.1, 0.15) is 16.7 Å². The molecule has 0 atom stereocenters. The summed E-state index contributed by atoms with van der Waals surface area (Å²) in [6.07, 6.45) is -1.14. The molecular weight excluding hydrogens is 389 g/mol. The molecular formula is C21H20ClF3N2O. The summed E-state index contributed by atoms with van der Waals surface area (Å²) in [6.45, 7) is 2.72. The maximum Gasteiger partial charge on any atom is 0.416 e. The van der Waals surface area contributed by atoms with Crippen molar-refractivity contribution in [1.82, 2.24) is 9.80 Å². The molecule has 1 fully saturated rings. The van der Waals surface area contributed by atoms with E-state index >= 15 is 0 Å². The molecule has 0 N–H and O–H groups in total. The molecule has 0 unspecified atom stereocenters. The Hall–Kier alpha value is -2.31. The Morgan fingerprint density at radius 3 is 2.43 bits per heavy atom. The Labute approximate surface area is 167 Å². The number of benzene rings is 2. The van der Waals surface area contributed by atoms with Crippen molar-refractivity contribution in [3.63, 3.8) is 0 Å². The van der Waals surface area contributed by atoms with E-state index in [4.69, 9.17) is 11.6 Å². The van der Waals surface area contributed by atoms with E-state index in [2.05, 4.69) is 4.90 Å². The topological polar surface area (TPSA) is 23.6 Å². The lowest BCUT2D eigenvalue weighted by Gasteiger charge is -2.34. The van der Waals surface area contributed by atoms with Crippen LogP contribution in [-0.4, -0.2) is 41.9 Å². The van der Waals surface area contributed by atoms with Crippen LogP contribution in [0, 0.1) is 0 Å². The Kier molecular flexibility index (Phi) is 6.42. The molecule has 7 heteroatoms. The zero-order valence-electron chi connectivity index (χ0n) is 15.1. The van der Waals surface area contributed by atoms with E-state index in [-0.39, 0.29) is 5.91 Å². The lowest BCUT2D eigenvalue weighted by Crippen LogP contribution is -2.47. The fourth-order valence-corrected chi connectivity index (χ4v) is 3.31. The van der Waals surface area contributed by atoms with Crippen molar-refractivity contribution >= 4 is 23.6 Å². The van der Waals surface area contributed by atoms with E-state index in [1.807, 2.05) is 18.2 Å². The molecule has 1 saturated heterocycles. The number of amides is 1. The average molecular weight is 409 g/mol. The Balaban J connectivity index is 1.53. The van der Waals surface area contributed by atoms with Crippen molar-refractivity contribution in [2.45, 2.75) is 12.7 Å². The van der Waals surface area contributed by atoms with E-state index in [9.17, 15) is 18.0 Å². The zero-order valence-corrected chi connectivity index (χ0v) is 15.9. The molecule has 0 saturated carbocycles. The quantitative estimate of drug-likeness (QED) is 0.684. The highest BCUT2D eigenvalue weighted by atomic mass is 35.5. The predicted molar refractivity (Wildman–Crippen MR) is 104 cm³/mol. The van der Waals surface area contributed by atoms with Crippen LogP contribution in [0.15, 0.2) is 54.6 Å². The van der Waals surface area contributed by atoms with E-state index in [0.717, 1.165) is 11.6 Å². The molecule has 1 aliphatic rings. The molecule has 0 radical (unpaired) electrons.